The van der Waals surface area contributed by atoms with Crippen LogP contribution in [0, 0.1) is 0 Å². The molecule has 17 heavy (non-hydrogen) atoms. The van der Waals surface area contributed by atoms with Gasteiger partial charge in [0.05, 0.1) is 6.61 Å². The van der Waals surface area contributed by atoms with Gasteiger partial charge < -0.3 is 4.74 Å². The highest BCUT2D eigenvalue weighted by Crippen LogP contribution is 2.16. The third-order valence-electron chi connectivity index (χ3n) is 2.83. The zero-order valence-electron chi connectivity index (χ0n) is 9.69. The quantitative estimate of drug-likeness (QED) is 0.708. The Morgan fingerprint density at radius 3 is 2.65 bits per heavy atom. The molecule has 0 fully saturated rings. The van der Waals surface area contributed by atoms with Crippen LogP contribution in [0.5, 0.6) is 0 Å². The highest BCUT2D eigenvalue weighted by atomic mass is 16.5. The number of rotatable bonds is 6. The molecule has 1 radical (unpaired) electrons. The molecule has 0 amide bonds. The molecule has 2 aromatic carbocycles. The van der Waals surface area contributed by atoms with Gasteiger partial charge in [0.2, 0.25) is 0 Å². The maximum Gasteiger partial charge on any atom is 0.417 e. The summed E-state index contributed by atoms with van der Waals surface area (Å²) in [6, 6.07) is 14.9. The Balaban J connectivity index is 1.92. The molecule has 2 aromatic rings. The fourth-order valence-corrected chi connectivity index (χ4v) is 1.94. The van der Waals surface area contributed by atoms with Crippen LogP contribution < -0.4 is 0 Å². The first-order chi connectivity index (χ1) is 8.40. The van der Waals surface area contributed by atoms with Crippen LogP contribution in [0.2, 0.25) is 0 Å². The molecule has 0 aliphatic rings. The summed E-state index contributed by atoms with van der Waals surface area (Å²) in [5, 5.41) is 2.55. The van der Waals surface area contributed by atoms with E-state index < -0.39 is 0 Å². The number of benzene rings is 2. The fourth-order valence-electron chi connectivity index (χ4n) is 1.94. The van der Waals surface area contributed by atoms with Gasteiger partial charge in [-0.15, -0.1) is 0 Å². The Morgan fingerprint density at radius 1 is 1.00 bits per heavy atom. The summed E-state index contributed by atoms with van der Waals surface area (Å²) in [4.78, 5) is 9.84. The number of ether oxygens (including phenoxy) is 1. The molecule has 0 saturated carbocycles. The van der Waals surface area contributed by atoms with Gasteiger partial charge in [-0.2, -0.15) is 0 Å². The predicted molar refractivity (Wildman–Crippen MR) is 68.5 cm³/mol. The van der Waals surface area contributed by atoms with Crippen LogP contribution in [-0.4, -0.2) is 13.1 Å². The summed E-state index contributed by atoms with van der Waals surface area (Å²) in [7, 11) is 0. The van der Waals surface area contributed by atoms with Crippen LogP contribution in [0.15, 0.2) is 42.5 Å². The lowest BCUT2D eigenvalue weighted by atomic mass is 10.0. The predicted octanol–water partition coefficient (Wildman–Crippen LogP) is 3.25. The van der Waals surface area contributed by atoms with Crippen LogP contribution in [0.1, 0.15) is 18.4 Å². The molecular weight excluding hydrogens is 212 g/mol. The zero-order valence-corrected chi connectivity index (χ0v) is 9.69. The minimum absolute atomic E-state index is 0.469. The van der Waals surface area contributed by atoms with Crippen molar-refractivity contribution in [3.8, 4) is 0 Å². The van der Waals surface area contributed by atoms with Gasteiger partial charge in [-0.3, -0.25) is 0 Å². The first kappa shape index (κ1) is 11.6. The van der Waals surface area contributed by atoms with Crippen molar-refractivity contribution >= 4 is 17.2 Å². The lowest BCUT2D eigenvalue weighted by Gasteiger charge is -2.03. The Kier molecular flexibility index (Phi) is 4.14. The van der Waals surface area contributed by atoms with E-state index >= 15 is 0 Å². The van der Waals surface area contributed by atoms with Gasteiger partial charge in [-0.25, -0.2) is 4.79 Å². The Bertz CT molecular complexity index is 491. The Labute approximate surface area is 101 Å². The molecule has 0 heterocycles. The average Bonchev–Trinajstić information content (AvgIpc) is 2.38. The van der Waals surface area contributed by atoms with Crippen LogP contribution in [0.4, 0.5) is 0 Å². The molecule has 0 unspecified atom stereocenters. The summed E-state index contributed by atoms with van der Waals surface area (Å²) in [5.74, 6) is 0. The van der Waals surface area contributed by atoms with Gasteiger partial charge in [0.1, 0.15) is 0 Å². The zero-order chi connectivity index (χ0) is 11.9. The van der Waals surface area contributed by atoms with Crippen molar-refractivity contribution in [3.63, 3.8) is 0 Å². The smallest absolute Gasteiger partial charge is 0.417 e. The first-order valence-corrected chi connectivity index (χ1v) is 5.87. The van der Waals surface area contributed by atoms with E-state index in [9.17, 15) is 4.79 Å². The maximum absolute atomic E-state index is 9.84. The van der Waals surface area contributed by atoms with E-state index in [2.05, 4.69) is 47.2 Å². The molecule has 2 nitrogen and oxygen atoms in total. The second-order valence-corrected chi connectivity index (χ2v) is 4.07. The van der Waals surface area contributed by atoms with Crippen molar-refractivity contribution in [2.75, 3.05) is 6.61 Å². The lowest BCUT2D eigenvalue weighted by Crippen LogP contribution is -1.93. The van der Waals surface area contributed by atoms with E-state index in [0.717, 1.165) is 19.3 Å². The number of aryl methyl sites for hydroxylation is 1. The van der Waals surface area contributed by atoms with E-state index in [1.807, 2.05) is 0 Å². The van der Waals surface area contributed by atoms with Gasteiger partial charge in [-0.05, 0) is 35.6 Å². The van der Waals surface area contributed by atoms with Crippen molar-refractivity contribution in [1.29, 1.82) is 0 Å². The van der Waals surface area contributed by atoms with Crippen LogP contribution in [0.25, 0.3) is 10.8 Å². The van der Waals surface area contributed by atoms with Gasteiger partial charge in [0.15, 0.2) is 0 Å². The minimum Gasteiger partial charge on any atom is -0.457 e. The standard InChI is InChI=1S/C15H15O2/c16-12-17-10-4-3-5-13-8-9-14-6-1-2-7-15(14)11-13/h1-2,6-9,11H,3-5,10H2. The minimum atomic E-state index is 0.469. The summed E-state index contributed by atoms with van der Waals surface area (Å²) < 4.78 is 4.54. The second kappa shape index (κ2) is 6.04. The SMILES string of the molecule is O=[C]OCCCCc1ccc2ccccc2c1. The van der Waals surface area contributed by atoms with Gasteiger partial charge in [0.25, 0.3) is 0 Å². The molecule has 0 spiro atoms. The van der Waals surface area contributed by atoms with Crippen molar-refractivity contribution in [2.45, 2.75) is 19.3 Å². The largest absolute Gasteiger partial charge is 0.457 e. The third kappa shape index (κ3) is 3.31. The van der Waals surface area contributed by atoms with Crippen LogP contribution >= 0.6 is 0 Å². The number of hydrogen-bond acceptors (Lipinski definition) is 2. The maximum atomic E-state index is 9.84. The molecule has 0 aromatic heterocycles. The van der Waals surface area contributed by atoms with Crippen molar-refractivity contribution < 1.29 is 9.53 Å². The van der Waals surface area contributed by atoms with Gasteiger partial charge >= 0.3 is 6.47 Å². The summed E-state index contributed by atoms with van der Waals surface area (Å²) in [5.41, 5.74) is 1.33. The molecular formula is C15H15O2. The highest BCUT2D eigenvalue weighted by molar-refractivity contribution is 5.82. The van der Waals surface area contributed by atoms with E-state index in [0.29, 0.717) is 6.61 Å². The number of unbranched alkanes of at least 4 members (excludes halogenated alkanes) is 1. The second-order valence-electron chi connectivity index (χ2n) is 4.07. The number of carbonyl (C=O) groups excluding carboxylic acids is 1. The fraction of sp³-hybridized carbons (Fsp3) is 0.267. The highest BCUT2D eigenvalue weighted by Gasteiger charge is 1.96. The molecule has 2 heteroatoms. The molecule has 0 saturated heterocycles. The van der Waals surface area contributed by atoms with Gasteiger partial charge in [-0.1, -0.05) is 42.5 Å². The van der Waals surface area contributed by atoms with Crippen molar-refractivity contribution in [2.24, 2.45) is 0 Å². The summed E-state index contributed by atoms with van der Waals surface area (Å²) >= 11 is 0. The molecule has 0 aliphatic heterocycles. The lowest BCUT2D eigenvalue weighted by molar-refractivity contribution is 0.270. The Morgan fingerprint density at radius 2 is 1.82 bits per heavy atom. The molecule has 0 atom stereocenters. The van der Waals surface area contributed by atoms with Crippen molar-refractivity contribution in [3.05, 3.63) is 48.0 Å². The number of fused-ring (bicyclic) bond motifs is 1. The van der Waals surface area contributed by atoms with Crippen LogP contribution in [0.3, 0.4) is 0 Å². The van der Waals surface area contributed by atoms with E-state index in [1.54, 1.807) is 0 Å². The van der Waals surface area contributed by atoms with Crippen LogP contribution in [-0.2, 0) is 16.0 Å². The van der Waals surface area contributed by atoms with E-state index in [-0.39, 0.29) is 0 Å². The van der Waals surface area contributed by atoms with Gasteiger partial charge in [0, 0.05) is 0 Å². The first-order valence-electron chi connectivity index (χ1n) is 5.87. The van der Waals surface area contributed by atoms with E-state index in [4.69, 9.17) is 0 Å². The molecule has 0 bridgehead atoms. The topological polar surface area (TPSA) is 26.3 Å². The molecule has 87 valence electrons. The molecule has 2 rings (SSSR count). The Hall–Kier alpha value is -1.83. The third-order valence-corrected chi connectivity index (χ3v) is 2.83. The molecule has 0 N–H and O–H groups in total. The number of hydrogen-bond donors (Lipinski definition) is 0. The van der Waals surface area contributed by atoms with Crippen molar-refractivity contribution in [1.82, 2.24) is 0 Å². The average molecular weight is 227 g/mol. The summed E-state index contributed by atoms with van der Waals surface area (Å²) in [6.07, 6.45) is 2.94. The summed E-state index contributed by atoms with van der Waals surface area (Å²) in [6.45, 7) is 1.91. The monoisotopic (exact) mass is 227 g/mol. The van der Waals surface area contributed by atoms with E-state index in [1.165, 1.54) is 22.8 Å². The molecule has 0 aliphatic carbocycles. The normalized spacial score (nSPS) is 10.4.